The SMILES string of the molecule is O=C1NCCCC1Nc1nc(C2CC2)nc2sc3c(c12)CCCC3. The van der Waals surface area contributed by atoms with Crippen molar-refractivity contribution < 1.29 is 4.79 Å². The maximum atomic E-state index is 12.2. The molecule has 24 heavy (non-hydrogen) atoms. The Morgan fingerprint density at radius 3 is 2.79 bits per heavy atom. The lowest BCUT2D eigenvalue weighted by molar-refractivity contribution is -0.123. The van der Waals surface area contributed by atoms with E-state index in [1.165, 1.54) is 47.9 Å². The fourth-order valence-corrected chi connectivity index (χ4v) is 5.15. The van der Waals surface area contributed by atoms with Crippen LogP contribution in [0.4, 0.5) is 5.82 Å². The van der Waals surface area contributed by atoms with Crippen molar-refractivity contribution >= 4 is 33.3 Å². The molecule has 2 aromatic heterocycles. The van der Waals surface area contributed by atoms with E-state index in [4.69, 9.17) is 9.97 Å². The summed E-state index contributed by atoms with van der Waals surface area (Å²) in [5.41, 5.74) is 1.43. The van der Waals surface area contributed by atoms with Gasteiger partial charge in [-0.25, -0.2) is 9.97 Å². The van der Waals surface area contributed by atoms with Crippen LogP contribution in [0.1, 0.15) is 60.7 Å². The largest absolute Gasteiger partial charge is 0.358 e. The van der Waals surface area contributed by atoms with Crippen molar-refractivity contribution in [3.63, 3.8) is 0 Å². The second-order valence-corrected chi connectivity index (χ2v) is 8.31. The molecule has 0 aromatic carbocycles. The number of rotatable bonds is 3. The summed E-state index contributed by atoms with van der Waals surface area (Å²) in [6.45, 7) is 0.789. The number of carbonyl (C=O) groups excluding carboxylic acids is 1. The van der Waals surface area contributed by atoms with E-state index in [1.807, 2.05) is 11.3 Å². The third-order valence-electron chi connectivity index (χ3n) is 5.37. The van der Waals surface area contributed by atoms with Gasteiger partial charge in [0.15, 0.2) is 0 Å². The molecule has 2 aliphatic carbocycles. The Morgan fingerprint density at radius 2 is 1.96 bits per heavy atom. The Labute approximate surface area is 145 Å². The Morgan fingerprint density at radius 1 is 1.08 bits per heavy atom. The molecule has 1 amide bonds. The van der Waals surface area contributed by atoms with Crippen LogP contribution in [-0.4, -0.2) is 28.5 Å². The summed E-state index contributed by atoms with van der Waals surface area (Å²) in [5.74, 6) is 2.50. The summed E-state index contributed by atoms with van der Waals surface area (Å²) < 4.78 is 0. The standard InChI is InChI=1S/C18H22N4OS/c23-17-12(5-3-9-19-17)20-16-14-11-4-1-2-6-13(11)24-18(14)22-15(21-16)10-7-8-10/h10,12H,1-9H2,(H,19,23)(H,20,21,22). The fraction of sp³-hybridized carbons (Fsp3) is 0.611. The second-order valence-electron chi connectivity index (χ2n) is 7.23. The van der Waals surface area contributed by atoms with Crippen LogP contribution in [0, 0.1) is 0 Å². The zero-order valence-electron chi connectivity index (χ0n) is 13.7. The third-order valence-corrected chi connectivity index (χ3v) is 6.56. The van der Waals surface area contributed by atoms with Gasteiger partial charge in [0.25, 0.3) is 0 Å². The first-order valence-corrected chi connectivity index (χ1v) is 9.97. The number of anilines is 1. The fourth-order valence-electron chi connectivity index (χ4n) is 3.88. The molecule has 2 aromatic rings. The van der Waals surface area contributed by atoms with Gasteiger partial charge >= 0.3 is 0 Å². The quantitative estimate of drug-likeness (QED) is 0.899. The highest BCUT2D eigenvalue weighted by Crippen LogP contribution is 2.43. The Balaban J connectivity index is 1.61. The number of nitrogens with one attached hydrogen (secondary N) is 2. The van der Waals surface area contributed by atoms with Crippen molar-refractivity contribution in [3.8, 4) is 0 Å². The number of fused-ring (bicyclic) bond motifs is 3. The number of hydrogen-bond acceptors (Lipinski definition) is 5. The molecule has 0 bridgehead atoms. The van der Waals surface area contributed by atoms with E-state index >= 15 is 0 Å². The van der Waals surface area contributed by atoms with Gasteiger partial charge in [-0.05, 0) is 56.9 Å². The van der Waals surface area contributed by atoms with Crippen LogP contribution in [0.25, 0.3) is 10.2 Å². The highest BCUT2D eigenvalue weighted by Gasteiger charge is 2.31. The molecule has 2 N–H and O–H groups in total. The van der Waals surface area contributed by atoms with Crippen molar-refractivity contribution in [3.05, 3.63) is 16.3 Å². The normalized spacial score (nSPS) is 23.8. The van der Waals surface area contributed by atoms with Gasteiger partial charge in [0.05, 0.1) is 5.39 Å². The van der Waals surface area contributed by atoms with Crippen molar-refractivity contribution in [2.24, 2.45) is 0 Å². The van der Waals surface area contributed by atoms with Crippen LogP contribution in [-0.2, 0) is 17.6 Å². The molecule has 5 rings (SSSR count). The summed E-state index contributed by atoms with van der Waals surface area (Å²) in [7, 11) is 0. The monoisotopic (exact) mass is 342 g/mol. The maximum absolute atomic E-state index is 12.2. The van der Waals surface area contributed by atoms with Crippen LogP contribution in [0.3, 0.4) is 0 Å². The lowest BCUT2D eigenvalue weighted by Crippen LogP contribution is -2.44. The molecular formula is C18H22N4OS. The predicted octanol–water partition coefficient (Wildman–Crippen LogP) is 3.14. The van der Waals surface area contributed by atoms with Gasteiger partial charge in [-0.3, -0.25) is 4.79 Å². The van der Waals surface area contributed by atoms with E-state index in [0.717, 1.165) is 42.3 Å². The molecule has 0 spiro atoms. The van der Waals surface area contributed by atoms with Crippen LogP contribution < -0.4 is 10.6 Å². The van der Waals surface area contributed by atoms with Crippen molar-refractivity contribution in [2.75, 3.05) is 11.9 Å². The molecule has 1 unspecified atom stereocenters. The number of nitrogens with zero attached hydrogens (tertiary/aromatic N) is 2. The van der Waals surface area contributed by atoms with E-state index in [1.54, 1.807) is 0 Å². The van der Waals surface area contributed by atoms with Crippen molar-refractivity contribution in [1.82, 2.24) is 15.3 Å². The smallest absolute Gasteiger partial charge is 0.242 e. The molecule has 126 valence electrons. The number of aryl methyl sites for hydroxylation is 2. The zero-order valence-corrected chi connectivity index (χ0v) is 14.5. The predicted molar refractivity (Wildman–Crippen MR) is 95.7 cm³/mol. The highest BCUT2D eigenvalue weighted by molar-refractivity contribution is 7.19. The summed E-state index contributed by atoms with van der Waals surface area (Å²) in [6, 6.07) is -0.164. The summed E-state index contributed by atoms with van der Waals surface area (Å²) in [4.78, 5) is 24.5. The number of aromatic nitrogens is 2. The number of hydrogen-bond donors (Lipinski definition) is 2. The van der Waals surface area contributed by atoms with Crippen LogP contribution in [0.2, 0.25) is 0 Å². The maximum Gasteiger partial charge on any atom is 0.242 e. The van der Waals surface area contributed by atoms with Crippen molar-refractivity contribution in [1.29, 1.82) is 0 Å². The summed E-state index contributed by atoms with van der Waals surface area (Å²) in [6.07, 6.45) is 9.09. The first kappa shape index (κ1) is 14.6. The molecule has 6 heteroatoms. The van der Waals surface area contributed by atoms with Gasteiger partial charge in [-0.2, -0.15) is 0 Å². The first-order valence-electron chi connectivity index (χ1n) is 9.16. The van der Waals surface area contributed by atoms with Gasteiger partial charge in [-0.15, -0.1) is 11.3 Å². The lowest BCUT2D eigenvalue weighted by atomic mass is 9.96. The van der Waals surface area contributed by atoms with Gasteiger partial charge in [0, 0.05) is 17.3 Å². The molecule has 3 aliphatic rings. The zero-order chi connectivity index (χ0) is 16.1. The van der Waals surface area contributed by atoms with E-state index in [0.29, 0.717) is 5.92 Å². The van der Waals surface area contributed by atoms with Gasteiger partial charge in [-0.1, -0.05) is 0 Å². The number of carbonyl (C=O) groups is 1. The van der Waals surface area contributed by atoms with Crippen LogP contribution in [0.5, 0.6) is 0 Å². The minimum absolute atomic E-state index is 0.102. The molecule has 1 atom stereocenters. The Kier molecular flexibility index (Phi) is 3.47. The molecular weight excluding hydrogens is 320 g/mol. The van der Waals surface area contributed by atoms with E-state index < -0.39 is 0 Å². The van der Waals surface area contributed by atoms with E-state index in [-0.39, 0.29) is 11.9 Å². The van der Waals surface area contributed by atoms with Gasteiger partial charge in [0.1, 0.15) is 22.5 Å². The molecule has 0 radical (unpaired) electrons. The molecule has 1 aliphatic heterocycles. The molecule has 2 fully saturated rings. The van der Waals surface area contributed by atoms with Crippen molar-refractivity contribution in [2.45, 2.75) is 63.3 Å². The third kappa shape index (κ3) is 2.48. The average Bonchev–Trinajstić information content (AvgIpc) is 3.37. The molecule has 5 nitrogen and oxygen atoms in total. The van der Waals surface area contributed by atoms with Crippen LogP contribution >= 0.6 is 11.3 Å². The number of thiophene rings is 1. The summed E-state index contributed by atoms with van der Waals surface area (Å²) in [5, 5.41) is 7.63. The minimum atomic E-state index is -0.164. The first-order chi connectivity index (χ1) is 11.8. The molecule has 1 saturated carbocycles. The molecule has 3 heterocycles. The van der Waals surface area contributed by atoms with Gasteiger partial charge < -0.3 is 10.6 Å². The Hall–Kier alpha value is -1.69. The Bertz CT molecular complexity index is 811. The van der Waals surface area contributed by atoms with Crippen LogP contribution in [0.15, 0.2) is 0 Å². The highest BCUT2D eigenvalue weighted by atomic mass is 32.1. The lowest BCUT2D eigenvalue weighted by Gasteiger charge is -2.24. The molecule has 1 saturated heterocycles. The average molecular weight is 342 g/mol. The van der Waals surface area contributed by atoms with E-state index in [9.17, 15) is 4.79 Å². The van der Waals surface area contributed by atoms with Gasteiger partial charge in [0.2, 0.25) is 5.91 Å². The topological polar surface area (TPSA) is 66.9 Å². The summed E-state index contributed by atoms with van der Waals surface area (Å²) >= 11 is 1.84. The minimum Gasteiger partial charge on any atom is -0.358 e. The second kappa shape index (κ2) is 5.69. The number of amides is 1. The number of piperidine rings is 1. The van der Waals surface area contributed by atoms with E-state index in [2.05, 4.69) is 10.6 Å².